The second-order valence-electron chi connectivity index (χ2n) is 4.09. The number of thiocarbonyl (C=S) groups is 1. The van der Waals surface area contributed by atoms with Crippen LogP contribution in [0.4, 0.5) is 0 Å². The van der Waals surface area contributed by atoms with Crippen LogP contribution >= 0.6 is 12.2 Å². The molecule has 0 spiro atoms. The summed E-state index contributed by atoms with van der Waals surface area (Å²) in [5.41, 5.74) is 0. The summed E-state index contributed by atoms with van der Waals surface area (Å²) in [4.78, 5) is 2.25. The summed E-state index contributed by atoms with van der Waals surface area (Å²) in [6, 6.07) is 0.670. The predicted molar refractivity (Wildman–Crippen MR) is 65.5 cm³/mol. The van der Waals surface area contributed by atoms with Crippen molar-refractivity contribution in [1.29, 1.82) is 0 Å². The van der Waals surface area contributed by atoms with Gasteiger partial charge in [0.1, 0.15) is 0 Å². The molecule has 0 aromatic rings. The highest BCUT2D eigenvalue weighted by Crippen LogP contribution is 2.20. The van der Waals surface area contributed by atoms with E-state index >= 15 is 0 Å². The first-order chi connectivity index (χ1) is 6.75. The molecule has 1 rings (SSSR count). The maximum atomic E-state index is 5.32. The van der Waals surface area contributed by atoms with Crippen LogP contribution in [-0.4, -0.2) is 29.6 Å². The molecule has 0 aromatic carbocycles. The lowest BCUT2D eigenvalue weighted by Gasteiger charge is -2.29. The average molecular weight is 214 g/mol. The third kappa shape index (κ3) is 3.45. The number of hydrogen-bond acceptors (Lipinski definition) is 1. The molecule has 0 aliphatic heterocycles. The molecular weight excluding hydrogens is 192 g/mol. The fourth-order valence-corrected chi connectivity index (χ4v) is 2.38. The second-order valence-corrected chi connectivity index (χ2v) is 4.48. The van der Waals surface area contributed by atoms with Crippen LogP contribution in [0.2, 0.25) is 0 Å². The molecule has 14 heavy (non-hydrogen) atoms. The first-order valence-electron chi connectivity index (χ1n) is 5.76. The highest BCUT2D eigenvalue weighted by Gasteiger charge is 2.18. The van der Waals surface area contributed by atoms with Crippen molar-refractivity contribution in [3.63, 3.8) is 0 Å². The quantitative estimate of drug-likeness (QED) is 0.562. The highest BCUT2D eigenvalue weighted by molar-refractivity contribution is 7.80. The zero-order valence-electron chi connectivity index (χ0n) is 9.38. The van der Waals surface area contributed by atoms with Gasteiger partial charge >= 0.3 is 0 Å². The third-order valence-corrected chi connectivity index (χ3v) is 3.45. The molecule has 1 aliphatic rings. The number of hydrogen-bond donors (Lipinski definition) is 1. The van der Waals surface area contributed by atoms with E-state index in [2.05, 4.69) is 24.2 Å². The van der Waals surface area contributed by atoms with Crippen molar-refractivity contribution in [1.82, 2.24) is 10.2 Å². The van der Waals surface area contributed by atoms with Gasteiger partial charge in [-0.2, -0.15) is 0 Å². The SMILES string of the molecule is CCNC(=S)N(C)C1CCCCCC1. The minimum absolute atomic E-state index is 0.670. The Hall–Kier alpha value is -0.310. The molecule has 0 amide bonds. The molecule has 3 heteroatoms. The summed E-state index contributed by atoms with van der Waals surface area (Å²) in [6.45, 7) is 3.02. The Balaban J connectivity index is 2.40. The van der Waals surface area contributed by atoms with Crippen molar-refractivity contribution < 1.29 is 0 Å². The molecule has 1 fully saturated rings. The Morgan fingerprint density at radius 1 is 1.29 bits per heavy atom. The molecule has 1 saturated carbocycles. The smallest absolute Gasteiger partial charge is 0.168 e. The van der Waals surface area contributed by atoms with Gasteiger partial charge in [-0.15, -0.1) is 0 Å². The molecule has 82 valence electrons. The lowest BCUT2D eigenvalue weighted by Crippen LogP contribution is -2.43. The van der Waals surface area contributed by atoms with E-state index < -0.39 is 0 Å². The highest BCUT2D eigenvalue weighted by atomic mass is 32.1. The first-order valence-corrected chi connectivity index (χ1v) is 6.17. The van der Waals surface area contributed by atoms with Crippen molar-refractivity contribution in [2.45, 2.75) is 51.5 Å². The molecule has 0 heterocycles. The van der Waals surface area contributed by atoms with E-state index in [1.807, 2.05) is 0 Å². The Morgan fingerprint density at radius 3 is 2.36 bits per heavy atom. The normalized spacial score (nSPS) is 18.7. The van der Waals surface area contributed by atoms with Gasteiger partial charge in [0.05, 0.1) is 0 Å². The first kappa shape index (κ1) is 11.8. The average Bonchev–Trinajstić information content (AvgIpc) is 2.45. The van der Waals surface area contributed by atoms with Gasteiger partial charge in [-0.05, 0) is 32.0 Å². The van der Waals surface area contributed by atoms with E-state index in [-0.39, 0.29) is 0 Å². The Kier molecular flexibility index (Phi) is 5.23. The molecule has 1 aliphatic carbocycles. The van der Waals surface area contributed by atoms with Crippen LogP contribution in [0.15, 0.2) is 0 Å². The summed E-state index contributed by atoms with van der Waals surface area (Å²) >= 11 is 5.32. The van der Waals surface area contributed by atoms with Crippen molar-refractivity contribution >= 4 is 17.3 Å². The lowest BCUT2D eigenvalue weighted by atomic mass is 10.1. The van der Waals surface area contributed by atoms with Crippen LogP contribution in [-0.2, 0) is 0 Å². The van der Waals surface area contributed by atoms with Crippen LogP contribution in [0, 0.1) is 0 Å². The number of nitrogens with one attached hydrogen (secondary N) is 1. The van der Waals surface area contributed by atoms with E-state index in [1.54, 1.807) is 0 Å². The molecule has 0 bridgehead atoms. The van der Waals surface area contributed by atoms with E-state index in [0.29, 0.717) is 6.04 Å². The van der Waals surface area contributed by atoms with Crippen molar-refractivity contribution in [2.75, 3.05) is 13.6 Å². The summed E-state index contributed by atoms with van der Waals surface area (Å²) in [6.07, 6.45) is 8.15. The zero-order chi connectivity index (χ0) is 10.4. The monoisotopic (exact) mass is 214 g/mol. The standard InChI is InChI=1S/C11H22N2S/c1-3-12-11(14)13(2)10-8-6-4-5-7-9-10/h10H,3-9H2,1-2H3,(H,12,14). The van der Waals surface area contributed by atoms with Gasteiger partial charge in [-0.25, -0.2) is 0 Å². The van der Waals surface area contributed by atoms with Crippen LogP contribution in [0.1, 0.15) is 45.4 Å². The molecule has 0 unspecified atom stereocenters. The molecule has 0 saturated heterocycles. The van der Waals surface area contributed by atoms with E-state index in [0.717, 1.165) is 11.7 Å². The largest absolute Gasteiger partial charge is 0.363 e. The van der Waals surface area contributed by atoms with Crippen molar-refractivity contribution in [3.05, 3.63) is 0 Å². The fourth-order valence-electron chi connectivity index (χ4n) is 2.09. The fraction of sp³-hybridized carbons (Fsp3) is 0.909. The van der Waals surface area contributed by atoms with Crippen LogP contribution in [0.25, 0.3) is 0 Å². The minimum Gasteiger partial charge on any atom is -0.363 e. The van der Waals surface area contributed by atoms with E-state index in [4.69, 9.17) is 12.2 Å². The van der Waals surface area contributed by atoms with Crippen LogP contribution in [0.5, 0.6) is 0 Å². The maximum absolute atomic E-state index is 5.32. The Morgan fingerprint density at radius 2 is 1.86 bits per heavy atom. The summed E-state index contributed by atoms with van der Waals surface area (Å²) < 4.78 is 0. The minimum atomic E-state index is 0.670. The van der Waals surface area contributed by atoms with Crippen molar-refractivity contribution in [3.8, 4) is 0 Å². The number of rotatable bonds is 2. The van der Waals surface area contributed by atoms with Gasteiger partial charge in [0.2, 0.25) is 0 Å². The topological polar surface area (TPSA) is 15.3 Å². The van der Waals surface area contributed by atoms with E-state index in [1.165, 1.54) is 38.5 Å². The van der Waals surface area contributed by atoms with Gasteiger partial charge in [-0.1, -0.05) is 25.7 Å². The zero-order valence-corrected chi connectivity index (χ0v) is 10.2. The Bertz CT molecular complexity index is 174. The lowest BCUT2D eigenvalue weighted by molar-refractivity contribution is 0.327. The third-order valence-electron chi connectivity index (χ3n) is 3.02. The number of nitrogens with zero attached hydrogens (tertiary/aromatic N) is 1. The summed E-state index contributed by atoms with van der Waals surface area (Å²) in [5, 5.41) is 4.14. The molecule has 2 nitrogen and oxygen atoms in total. The maximum Gasteiger partial charge on any atom is 0.168 e. The molecule has 0 radical (unpaired) electrons. The van der Waals surface area contributed by atoms with Gasteiger partial charge in [0, 0.05) is 19.6 Å². The van der Waals surface area contributed by atoms with Crippen molar-refractivity contribution in [2.24, 2.45) is 0 Å². The van der Waals surface area contributed by atoms with Crippen LogP contribution in [0.3, 0.4) is 0 Å². The van der Waals surface area contributed by atoms with Gasteiger partial charge < -0.3 is 10.2 Å². The van der Waals surface area contributed by atoms with E-state index in [9.17, 15) is 0 Å². The van der Waals surface area contributed by atoms with Gasteiger partial charge in [0.15, 0.2) is 5.11 Å². The molecule has 0 aromatic heterocycles. The predicted octanol–water partition coefficient (Wildman–Crippen LogP) is 2.54. The summed E-state index contributed by atoms with van der Waals surface area (Å²) in [7, 11) is 2.13. The van der Waals surface area contributed by atoms with Crippen LogP contribution < -0.4 is 5.32 Å². The Labute approximate surface area is 93.1 Å². The second kappa shape index (κ2) is 6.23. The molecular formula is C11H22N2S. The van der Waals surface area contributed by atoms with Gasteiger partial charge in [0.25, 0.3) is 0 Å². The van der Waals surface area contributed by atoms with Gasteiger partial charge in [-0.3, -0.25) is 0 Å². The molecule has 1 N–H and O–H groups in total. The molecule has 0 atom stereocenters. The summed E-state index contributed by atoms with van der Waals surface area (Å²) in [5.74, 6) is 0.